The second-order valence-corrected chi connectivity index (χ2v) is 11.0. The van der Waals surface area contributed by atoms with Crippen LogP contribution in [0.2, 0.25) is 0 Å². The average molecular weight is 417 g/mol. The molecule has 3 aromatic rings. The molecule has 8 heteroatoms. The lowest BCUT2D eigenvalue weighted by Crippen LogP contribution is -2.40. The summed E-state index contributed by atoms with van der Waals surface area (Å²) in [6, 6.07) is 17.2. The Balaban J connectivity index is 1.82. The Morgan fingerprint density at radius 1 is 1.00 bits per heavy atom. The molecule has 146 valence electrons. The number of hydrogen-bond acceptors (Lipinski definition) is 5. The molecule has 2 heterocycles. The van der Waals surface area contributed by atoms with Gasteiger partial charge in [0.05, 0.1) is 17.0 Å². The molecule has 1 atom stereocenters. The monoisotopic (exact) mass is 416 g/mol. The van der Waals surface area contributed by atoms with Crippen LogP contribution in [0.3, 0.4) is 0 Å². The highest BCUT2D eigenvalue weighted by Gasteiger charge is 2.39. The van der Waals surface area contributed by atoms with Gasteiger partial charge in [-0.2, -0.15) is 4.31 Å². The summed E-state index contributed by atoms with van der Waals surface area (Å²) in [5.74, 6) is -0.149. The van der Waals surface area contributed by atoms with Gasteiger partial charge in [0, 0.05) is 24.2 Å². The van der Waals surface area contributed by atoms with E-state index < -0.39 is 25.9 Å². The predicted octanol–water partition coefficient (Wildman–Crippen LogP) is 2.61. The highest BCUT2D eigenvalue weighted by molar-refractivity contribution is 7.92. The molecule has 1 aromatic heterocycles. The molecule has 0 spiro atoms. The van der Waals surface area contributed by atoms with E-state index in [-0.39, 0.29) is 22.9 Å². The molecule has 0 radical (unpaired) electrons. The van der Waals surface area contributed by atoms with Gasteiger partial charge in [0.15, 0.2) is 9.84 Å². The topological polar surface area (TPSA) is 84.4 Å². The maximum absolute atomic E-state index is 13.6. The molecule has 0 saturated carbocycles. The number of para-hydroxylation sites is 1. The van der Waals surface area contributed by atoms with Crippen molar-refractivity contribution in [1.29, 1.82) is 0 Å². The molecular weight excluding hydrogens is 396 g/mol. The van der Waals surface area contributed by atoms with Crippen LogP contribution in [0.5, 0.6) is 0 Å². The minimum Gasteiger partial charge on any atom is -0.255 e. The molecule has 0 bridgehead atoms. The molecule has 0 N–H and O–H groups in total. The fourth-order valence-corrected chi connectivity index (χ4v) is 7.22. The smallest absolute Gasteiger partial charge is 0.245 e. The van der Waals surface area contributed by atoms with Crippen LogP contribution in [0.25, 0.3) is 10.9 Å². The Kier molecular flexibility index (Phi) is 4.95. The second kappa shape index (κ2) is 7.27. The fraction of sp³-hybridized carbons (Fsp3) is 0.250. The Morgan fingerprint density at radius 3 is 2.46 bits per heavy atom. The van der Waals surface area contributed by atoms with E-state index in [4.69, 9.17) is 0 Å². The van der Waals surface area contributed by atoms with Crippen molar-refractivity contribution in [3.63, 3.8) is 0 Å². The van der Waals surface area contributed by atoms with Gasteiger partial charge in [-0.1, -0.05) is 48.5 Å². The van der Waals surface area contributed by atoms with Crippen LogP contribution in [0.15, 0.2) is 71.8 Å². The number of nitrogens with zero attached hydrogens (tertiary/aromatic N) is 2. The van der Waals surface area contributed by atoms with Gasteiger partial charge in [-0.3, -0.25) is 4.98 Å². The van der Waals surface area contributed by atoms with E-state index in [1.807, 2.05) is 42.5 Å². The van der Waals surface area contributed by atoms with Gasteiger partial charge in [-0.25, -0.2) is 16.8 Å². The normalized spacial score (nSPS) is 19.2. The number of pyridine rings is 1. The number of rotatable bonds is 5. The van der Waals surface area contributed by atoms with Crippen molar-refractivity contribution in [1.82, 2.24) is 9.29 Å². The van der Waals surface area contributed by atoms with Gasteiger partial charge < -0.3 is 0 Å². The Hall–Kier alpha value is -2.29. The number of hydrogen-bond donors (Lipinski definition) is 0. The van der Waals surface area contributed by atoms with Crippen LogP contribution >= 0.6 is 0 Å². The van der Waals surface area contributed by atoms with Crippen molar-refractivity contribution in [2.45, 2.75) is 23.9 Å². The van der Waals surface area contributed by atoms with Crippen molar-refractivity contribution in [3.05, 3.63) is 72.4 Å². The molecule has 1 saturated heterocycles. The summed E-state index contributed by atoms with van der Waals surface area (Å²) in [5.41, 5.74) is 1.20. The van der Waals surface area contributed by atoms with Crippen molar-refractivity contribution < 1.29 is 16.8 Å². The molecule has 4 rings (SSSR count). The Bertz CT molecular complexity index is 1200. The van der Waals surface area contributed by atoms with Crippen LogP contribution in [-0.4, -0.2) is 43.7 Å². The van der Waals surface area contributed by atoms with E-state index in [0.717, 1.165) is 10.9 Å². The quantitative estimate of drug-likeness (QED) is 0.638. The summed E-state index contributed by atoms with van der Waals surface area (Å²) in [7, 11) is -7.19. The lowest BCUT2D eigenvalue weighted by atomic mass is 10.2. The first kappa shape index (κ1) is 19.0. The first-order chi connectivity index (χ1) is 13.4. The molecule has 28 heavy (non-hydrogen) atoms. The summed E-state index contributed by atoms with van der Waals surface area (Å²) in [5, 5.41) is 0.724. The molecule has 0 amide bonds. The number of sulfone groups is 1. The van der Waals surface area contributed by atoms with Crippen molar-refractivity contribution in [2.24, 2.45) is 0 Å². The zero-order valence-corrected chi connectivity index (χ0v) is 16.7. The summed E-state index contributed by atoms with van der Waals surface area (Å²) in [6.07, 6.45) is 1.86. The third-order valence-corrected chi connectivity index (χ3v) is 8.66. The number of aromatic nitrogens is 1. The number of sulfonamides is 1. The Labute approximate surface area is 164 Å². The van der Waals surface area contributed by atoms with Gasteiger partial charge >= 0.3 is 0 Å². The predicted molar refractivity (Wildman–Crippen MR) is 108 cm³/mol. The van der Waals surface area contributed by atoms with Gasteiger partial charge in [0.1, 0.15) is 4.90 Å². The van der Waals surface area contributed by atoms with Crippen molar-refractivity contribution in [2.75, 3.05) is 11.5 Å². The SMILES string of the molecule is O=S1(=O)CC[C@@H](N(Cc2ccccc2)S(=O)(=O)c2cccc3cccnc23)C1. The van der Waals surface area contributed by atoms with Crippen LogP contribution in [0.4, 0.5) is 0 Å². The largest absolute Gasteiger partial charge is 0.255 e. The van der Waals surface area contributed by atoms with E-state index in [0.29, 0.717) is 11.9 Å². The number of fused-ring (bicyclic) bond motifs is 1. The van der Waals surface area contributed by atoms with Crippen LogP contribution in [-0.2, 0) is 26.4 Å². The van der Waals surface area contributed by atoms with Crippen LogP contribution < -0.4 is 0 Å². The maximum Gasteiger partial charge on any atom is 0.245 e. The lowest BCUT2D eigenvalue weighted by molar-refractivity contribution is 0.334. The first-order valence-corrected chi connectivity index (χ1v) is 12.2. The molecule has 1 fully saturated rings. The molecule has 1 aliphatic heterocycles. The third kappa shape index (κ3) is 3.67. The van der Waals surface area contributed by atoms with E-state index in [9.17, 15) is 16.8 Å². The minimum atomic E-state index is -3.95. The van der Waals surface area contributed by atoms with Gasteiger partial charge in [0.2, 0.25) is 10.0 Å². The van der Waals surface area contributed by atoms with Gasteiger partial charge in [0.25, 0.3) is 0 Å². The molecule has 1 aliphatic rings. The minimum absolute atomic E-state index is 0.00621. The van der Waals surface area contributed by atoms with Crippen LogP contribution in [0.1, 0.15) is 12.0 Å². The molecule has 0 aliphatic carbocycles. The Morgan fingerprint density at radius 2 is 1.75 bits per heavy atom. The summed E-state index contributed by atoms with van der Waals surface area (Å²) >= 11 is 0. The fourth-order valence-electron chi connectivity index (χ4n) is 3.59. The summed E-state index contributed by atoms with van der Waals surface area (Å²) in [6.45, 7) is 0.118. The van der Waals surface area contributed by atoms with Gasteiger partial charge in [-0.05, 0) is 24.1 Å². The average Bonchev–Trinajstić information content (AvgIpc) is 3.05. The van der Waals surface area contributed by atoms with Crippen molar-refractivity contribution in [3.8, 4) is 0 Å². The van der Waals surface area contributed by atoms with E-state index in [1.54, 1.807) is 18.3 Å². The molecular formula is C20H20N2O4S2. The third-order valence-electron chi connectivity index (χ3n) is 4.98. The zero-order chi connectivity index (χ0) is 19.8. The number of benzene rings is 2. The standard InChI is InChI=1S/C20H20N2O4S2/c23-27(24)13-11-18(15-27)22(14-16-6-2-1-3-7-16)28(25,26)19-10-4-8-17-9-5-12-21-20(17)19/h1-10,12,18H,11,13-15H2/t18-/m1/s1. The first-order valence-electron chi connectivity index (χ1n) is 8.97. The zero-order valence-electron chi connectivity index (χ0n) is 15.1. The summed E-state index contributed by atoms with van der Waals surface area (Å²) < 4.78 is 52.7. The lowest BCUT2D eigenvalue weighted by Gasteiger charge is -2.28. The molecule has 0 unspecified atom stereocenters. The van der Waals surface area contributed by atoms with Crippen molar-refractivity contribution >= 4 is 30.8 Å². The van der Waals surface area contributed by atoms with E-state index >= 15 is 0 Å². The molecule has 2 aromatic carbocycles. The van der Waals surface area contributed by atoms with E-state index in [2.05, 4.69) is 4.98 Å². The summed E-state index contributed by atoms with van der Waals surface area (Å²) in [4.78, 5) is 4.37. The van der Waals surface area contributed by atoms with Crippen LogP contribution in [0, 0.1) is 0 Å². The highest BCUT2D eigenvalue weighted by Crippen LogP contribution is 2.30. The second-order valence-electron chi connectivity index (χ2n) is 6.92. The van der Waals surface area contributed by atoms with Gasteiger partial charge in [-0.15, -0.1) is 0 Å². The highest BCUT2D eigenvalue weighted by atomic mass is 32.2. The molecule has 6 nitrogen and oxygen atoms in total. The maximum atomic E-state index is 13.6. The van der Waals surface area contributed by atoms with E-state index in [1.165, 1.54) is 10.4 Å².